The Kier molecular flexibility index (Phi) is 5.94. The summed E-state index contributed by atoms with van der Waals surface area (Å²) in [6.07, 6.45) is 6.60. The molecule has 0 radical (unpaired) electrons. The van der Waals surface area contributed by atoms with Gasteiger partial charge in [-0.25, -0.2) is 0 Å². The highest BCUT2D eigenvalue weighted by Crippen LogP contribution is 2.24. The van der Waals surface area contributed by atoms with Gasteiger partial charge >= 0.3 is 0 Å². The molecular weight excluding hydrogens is 230 g/mol. The second-order valence-corrected chi connectivity index (χ2v) is 5.43. The van der Waals surface area contributed by atoms with Crippen molar-refractivity contribution in [1.29, 1.82) is 0 Å². The lowest BCUT2D eigenvalue weighted by atomic mass is 10.1. The highest BCUT2D eigenvalue weighted by Gasteiger charge is 2.21. The molecule has 1 N–H and O–H groups in total. The third kappa shape index (κ3) is 4.58. The van der Waals surface area contributed by atoms with Crippen LogP contribution in [0, 0.1) is 11.8 Å². The van der Waals surface area contributed by atoms with Gasteiger partial charge in [-0.2, -0.15) is 0 Å². The van der Waals surface area contributed by atoms with Crippen LogP contribution in [0.5, 0.6) is 0 Å². The molecule has 0 aromatic rings. The molecule has 1 saturated carbocycles. The van der Waals surface area contributed by atoms with Crippen molar-refractivity contribution in [2.45, 2.75) is 38.5 Å². The van der Waals surface area contributed by atoms with Crippen LogP contribution in [0.3, 0.4) is 0 Å². The largest absolute Gasteiger partial charge is 0.381 e. The van der Waals surface area contributed by atoms with Crippen molar-refractivity contribution < 1.29 is 14.3 Å². The van der Waals surface area contributed by atoms with Crippen LogP contribution < -0.4 is 5.32 Å². The molecule has 4 nitrogen and oxygen atoms in total. The average Bonchev–Trinajstić information content (AvgIpc) is 3.05. The van der Waals surface area contributed by atoms with Crippen molar-refractivity contribution in [3.8, 4) is 0 Å². The van der Waals surface area contributed by atoms with Crippen molar-refractivity contribution in [3.63, 3.8) is 0 Å². The van der Waals surface area contributed by atoms with Gasteiger partial charge in [0.25, 0.3) is 0 Å². The summed E-state index contributed by atoms with van der Waals surface area (Å²) in [5.41, 5.74) is 0. The first kappa shape index (κ1) is 13.8. The molecule has 0 unspecified atom stereocenters. The summed E-state index contributed by atoms with van der Waals surface area (Å²) in [7, 11) is 0. The fourth-order valence-electron chi connectivity index (χ4n) is 2.68. The summed E-state index contributed by atoms with van der Waals surface area (Å²) in [4.78, 5) is 11.7. The molecule has 1 aliphatic carbocycles. The molecule has 1 amide bonds. The van der Waals surface area contributed by atoms with E-state index in [2.05, 4.69) is 5.32 Å². The molecule has 1 atom stereocenters. The molecule has 4 heteroatoms. The zero-order chi connectivity index (χ0) is 12.6. The summed E-state index contributed by atoms with van der Waals surface area (Å²) in [6, 6.07) is 0. The molecule has 104 valence electrons. The topological polar surface area (TPSA) is 47.6 Å². The first-order chi connectivity index (χ1) is 8.86. The minimum absolute atomic E-state index is 0.247. The predicted molar refractivity (Wildman–Crippen MR) is 69.3 cm³/mol. The number of ether oxygens (including phenoxy) is 2. The van der Waals surface area contributed by atoms with Gasteiger partial charge in [0, 0.05) is 31.6 Å². The highest BCUT2D eigenvalue weighted by atomic mass is 16.5. The molecule has 18 heavy (non-hydrogen) atoms. The van der Waals surface area contributed by atoms with E-state index in [-0.39, 0.29) is 11.8 Å². The van der Waals surface area contributed by atoms with Crippen molar-refractivity contribution in [3.05, 3.63) is 0 Å². The molecule has 2 rings (SSSR count). The van der Waals surface area contributed by atoms with Crippen LogP contribution in [-0.2, 0) is 14.3 Å². The van der Waals surface area contributed by atoms with Crippen LogP contribution in [0.2, 0.25) is 0 Å². The summed E-state index contributed by atoms with van der Waals surface area (Å²) in [5.74, 6) is 1.11. The van der Waals surface area contributed by atoms with Gasteiger partial charge in [-0.3, -0.25) is 4.79 Å². The van der Waals surface area contributed by atoms with E-state index in [0.29, 0.717) is 5.92 Å². The van der Waals surface area contributed by atoms with Crippen LogP contribution >= 0.6 is 0 Å². The van der Waals surface area contributed by atoms with E-state index < -0.39 is 0 Å². The van der Waals surface area contributed by atoms with Gasteiger partial charge in [0.1, 0.15) is 0 Å². The van der Waals surface area contributed by atoms with Crippen LogP contribution in [0.25, 0.3) is 0 Å². The van der Waals surface area contributed by atoms with Gasteiger partial charge < -0.3 is 14.8 Å². The Balaban J connectivity index is 1.42. The summed E-state index contributed by atoms with van der Waals surface area (Å²) in [5, 5.41) is 3.01. The van der Waals surface area contributed by atoms with Crippen LogP contribution in [0.1, 0.15) is 38.5 Å². The van der Waals surface area contributed by atoms with E-state index in [1.54, 1.807) is 0 Å². The molecule has 1 aliphatic heterocycles. The molecular formula is C14H25NO3. The lowest BCUT2D eigenvalue weighted by molar-refractivity contribution is -0.124. The SMILES string of the molecule is O=C(NCCCOC[C@@H]1CCOC1)C1CCCC1. The second-order valence-electron chi connectivity index (χ2n) is 5.43. The lowest BCUT2D eigenvalue weighted by Crippen LogP contribution is -2.30. The molecule has 1 saturated heterocycles. The van der Waals surface area contributed by atoms with E-state index in [1.165, 1.54) is 12.8 Å². The molecule has 1 heterocycles. The number of nitrogens with one attached hydrogen (secondary N) is 1. The number of carbonyl (C=O) groups is 1. The number of amides is 1. The van der Waals surface area contributed by atoms with Crippen LogP contribution in [0.15, 0.2) is 0 Å². The third-order valence-electron chi connectivity index (χ3n) is 3.87. The predicted octanol–water partition coefficient (Wildman–Crippen LogP) is 1.74. The Morgan fingerprint density at radius 3 is 2.83 bits per heavy atom. The zero-order valence-electron chi connectivity index (χ0n) is 11.2. The molecule has 2 aliphatic rings. The van der Waals surface area contributed by atoms with Gasteiger partial charge in [0.2, 0.25) is 5.91 Å². The molecule has 0 aromatic carbocycles. The third-order valence-corrected chi connectivity index (χ3v) is 3.87. The molecule has 2 fully saturated rings. The van der Waals surface area contributed by atoms with Gasteiger partial charge in [0.15, 0.2) is 0 Å². The fraction of sp³-hybridized carbons (Fsp3) is 0.929. The molecule has 0 aromatic heterocycles. The standard InChI is InChI=1S/C14H25NO3/c16-14(13-4-1-2-5-13)15-7-3-8-17-10-12-6-9-18-11-12/h12-13H,1-11H2,(H,15,16)/t12-/m0/s1. The van der Waals surface area contributed by atoms with E-state index in [1.807, 2.05) is 0 Å². The van der Waals surface area contributed by atoms with Crippen molar-refractivity contribution >= 4 is 5.91 Å². The minimum Gasteiger partial charge on any atom is -0.381 e. The van der Waals surface area contributed by atoms with Gasteiger partial charge in [0.05, 0.1) is 13.2 Å². The average molecular weight is 255 g/mol. The highest BCUT2D eigenvalue weighted by molar-refractivity contribution is 5.78. The minimum atomic E-state index is 0.247. The molecule has 0 spiro atoms. The van der Waals surface area contributed by atoms with E-state index >= 15 is 0 Å². The fourth-order valence-corrected chi connectivity index (χ4v) is 2.68. The quantitative estimate of drug-likeness (QED) is 0.705. The second kappa shape index (κ2) is 7.74. The number of hydrogen-bond acceptors (Lipinski definition) is 3. The normalized spacial score (nSPS) is 24.6. The van der Waals surface area contributed by atoms with Crippen molar-refractivity contribution in [1.82, 2.24) is 5.32 Å². The Hall–Kier alpha value is -0.610. The zero-order valence-corrected chi connectivity index (χ0v) is 11.2. The van der Waals surface area contributed by atoms with Crippen LogP contribution in [-0.4, -0.2) is 38.9 Å². The maximum Gasteiger partial charge on any atom is 0.223 e. The summed E-state index contributed by atoms with van der Waals surface area (Å²) in [6.45, 7) is 4.01. The van der Waals surface area contributed by atoms with E-state index in [9.17, 15) is 4.79 Å². The summed E-state index contributed by atoms with van der Waals surface area (Å²) < 4.78 is 10.9. The van der Waals surface area contributed by atoms with Gasteiger partial charge in [-0.1, -0.05) is 12.8 Å². The Labute approximate surface area is 109 Å². The maximum atomic E-state index is 11.7. The van der Waals surface area contributed by atoms with E-state index in [0.717, 1.165) is 58.7 Å². The van der Waals surface area contributed by atoms with Crippen molar-refractivity contribution in [2.24, 2.45) is 11.8 Å². The van der Waals surface area contributed by atoms with Crippen LogP contribution in [0.4, 0.5) is 0 Å². The Morgan fingerprint density at radius 2 is 2.11 bits per heavy atom. The first-order valence-electron chi connectivity index (χ1n) is 7.29. The summed E-state index contributed by atoms with van der Waals surface area (Å²) >= 11 is 0. The van der Waals surface area contributed by atoms with E-state index in [4.69, 9.17) is 9.47 Å². The smallest absolute Gasteiger partial charge is 0.223 e. The Bertz CT molecular complexity index is 245. The molecule has 0 bridgehead atoms. The van der Waals surface area contributed by atoms with Crippen molar-refractivity contribution in [2.75, 3.05) is 33.0 Å². The Morgan fingerprint density at radius 1 is 1.28 bits per heavy atom. The number of rotatable bonds is 7. The first-order valence-corrected chi connectivity index (χ1v) is 7.29. The lowest BCUT2D eigenvalue weighted by Gasteiger charge is -2.11. The maximum absolute atomic E-state index is 11.7. The number of hydrogen-bond donors (Lipinski definition) is 1. The van der Waals surface area contributed by atoms with Gasteiger partial charge in [-0.05, 0) is 25.7 Å². The monoisotopic (exact) mass is 255 g/mol. The van der Waals surface area contributed by atoms with Gasteiger partial charge in [-0.15, -0.1) is 0 Å². The number of carbonyl (C=O) groups excluding carboxylic acids is 1.